The lowest BCUT2D eigenvalue weighted by atomic mass is 10.3. The number of thiazole rings is 1. The number of nitrogens with zero attached hydrogens (tertiary/aromatic N) is 2. The summed E-state index contributed by atoms with van der Waals surface area (Å²) in [4.78, 5) is 4.02. The number of sulfonamides is 1. The van der Waals surface area contributed by atoms with Crippen LogP contribution in [-0.4, -0.2) is 19.6 Å². The van der Waals surface area contributed by atoms with Crippen LogP contribution in [-0.2, 0) is 10.0 Å². The lowest BCUT2D eigenvalue weighted by Gasteiger charge is -1.88. The van der Waals surface area contributed by atoms with E-state index in [1.165, 1.54) is 6.21 Å². The summed E-state index contributed by atoms with van der Waals surface area (Å²) in [6, 6.07) is 7.28. The molecule has 1 aromatic carbocycles. The van der Waals surface area contributed by atoms with E-state index in [9.17, 15) is 8.42 Å². The molecule has 4 nitrogen and oxygen atoms in total. The van der Waals surface area contributed by atoms with Crippen LogP contribution in [0.25, 0.3) is 10.2 Å². The molecule has 0 amide bonds. The summed E-state index contributed by atoms with van der Waals surface area (Å²) in [6.45, 7) is 1.56. The quantitative estimate of drug-likeness (QED) is 0.755. The molecule has 0 saturated heterocycles. The van der Waals surface area contributed by atoms with Gasteiger partial charge in [0.15, 0.2) is 0 Å². The Morgan fingerprint density at radius 1 is 1.40 bits per heavy atom. The molecule has 2 aromatic rings. The summed E-state index contributed by atoms with van der Waals surface area (Å²) < 4.78 is 27.4. The maximum atomic E-state index is 11.6. The average Bonchev–Trinajstić information content (AvgIpc) is 2.61. The third-order valence-corrected chi connectivity index (χ3v) is 4.47. The van der Waals surface area contributed by atoms with Gasteiger partial charge in [-0.15, -0.1) is 11.3 Å². The van der Waals surface area contributed by atoms with Crippen LogP contribution in [0.5, 0.6) is 0 Å². The van der Waals surface area contributed by atoms with Crippen LogP contribution < -0.4 is 0 Å². The second kappa shape index (κ2) is 3.71. The van der Waals surface area contributed by atoms with Crippen molar-refractivity contribution in [3.63, 3.8) is 0 Å². The number of hydrogen-bond donors (Lipinski definition) is 0. The maximum Gasteiger partial charge on any atom is 0.309 e. The number of rotatable bonds is 2. The fourth-order valence-electron chi connectivity index (χ4n) is 1.15. The largest absolute Gasteiger partial charge is 0.309 e. The summed E-state index contributed by atoms with van der Waals surface area (Å²) >= 11 is 1.13. The Morgan fingerprint density at radius 3 is 2.80 bits per heavy atom. The Hall–Kier alpha value is -1.27. The fourth-order valence-corrected chi connectivity index (χ4v) is 3.24. The Balaban J connectivity index is 2.64. The summed E-state index contributed by atoms with van der Waals surface area (Å²) in [5.41, 5.74) is 0.687. The molecule has 78 valence electrons. The van der Waals surface area contributed by atoms with Crippen molar-refractivity contribution in [1.82, 2.24) is 4.98 Å². The van der Waals surface area contributed by atoms with Crippen LogP contribution in [0.2, 0.25) is 0 Å². The molecule has 1 aromatic heterocycles. The predicted octanol–water partition coefficient (Wildman–Crippen LogP) is 2.08. The van der Waals surface area contributed by atoms with Gasteiger partial charge >= 0.3 is 10.0 Å². The van der Waals surface area contributed by atoms with Gasteiger partial charge < -0.3 is 0 Å². The zero-order chi connectivity index (χ0) is 10.9. The van der Waals surface area contributed by atoms with E-state index in [4.69, 9.17) is 0 Å². The second-order valence-corrected chi connectivity index (χ2v) is 5.62. The van der Waals surface area contributed by atoms with E-state index >= 15 is 0 Å². The van der Waals surface area contributed by atoms with Gasteiger partial charge in [-0.25, -0.2) is 4.98 Å². The van der Waals surface area contributed by atoms with Gasteiger partial charge in [0.2, 0.25) is 4.34 Å². The predicted molar refractivity (Wildman–Crippen MR) is 61.0 cm³/mol. The first-order chi connectivity index (χ1) is 7.13. The van der Waals surface area contributed by atoms with Crippen molar-refractivity contribution in [3.8, 4) is 0 Å². The minimum Gasteiger partial charge on any atom is -0.223 e. The average molecular weight is 240 g/mol. The van der Waals surface area contributed by atoms with Crippen LogP contribution in [0.1, 0.15) is 6.92 Å². The molecule has 0 saturated carbocycles. The molecule has 0 aliphatic rings. The van der Waals surface area contributed by atoms with Crippen molar-refractivity contribution < 1.29 is 8.42 Å². The Kier molecular flexibility index (Phi) is 2.54. The maximum absolute atomic E-state index is 11.6. The lowest BCUT2D eigenvalue weighted by Crippen LogP contribution is -1.95. The zero-order valence-corrected chi connectivity index (χ0v) is 9.55. The molecule has 0 aliphatic carbocycles. The highest BCUT2D eigenvalue weighted by molar-refractivity contribution is 7.92. The highest BCUT2D eigenvalue weighted by Crippen LogP contribution is 2.25. The molecule has 0 unspecified atom stereocenters. The first-order valence-electron chi connectivity index (χ1n) is 4.24. The third-order valence-electron chi connectivity index (χ3n) is 1.74. The molecular weight excluding hydrogens is 232 g/mol. The van der Waals surface area contributed by atoms with E-state index < -0.39 is 10.0 Å². The molecule has 1 heterocycles. The molecule has 0 N–H and O–H groups in total. The van der Waals surface area contributed by atoms with Gasteiger partial charge in [-0.3, -0.25) is 0 Å². The van der Waals surface area contributed by atoms with Gasteiger partial charge in [-0.2, -0.15) is 12.8 Å². The van der Waals surface area contributed by atoms with Crippen molar-refractivity contribution in [2.24, 2.45) is 4.40 Å². The van der Waals surface area contributed by atoms with E-state index in [1.54, 1.807) is 13.0 Å². The molecule has 0 fully saturated rings. The summed E-state index contributed by atoms with van der Waals surface area (Å²) in [6.07, 6.45) is 1.25. The van der Waals surface area contributed by atoms with Crippen molar-refractivity contribution in [1.29, 1.82) is 0 Å². The number of hydrogen-bond acceptors (Lipinski definition) is 4. The topological polar surface area (TPSA) is 59.4 Å². The monoisotopic (exact) mass is 240 g/mol. The minimum absolute atomic E-state index is 0.0433. The molecule has 0 aliphatic heterocycles. The Morgan fingerprint density at radius 2 is 2.13 bits per heavy atom. The SMILES string of the molecule is CC=NS(=O)(=O)c1nc2ccccc2s1. The van der Waals surface area contributed by atoms with Crippen LogP contribution in [0.15, 0.2) is 33.0 Å². The van der Waals surface area contributed by atoms with Crippen molar-refractivity contribution in [2.75, 3.05) is 0 Å². The molecule has 6 heteroatoms. The standard InChI is InChI=1S/C9H8N2O2S2/c1-2-10-15(12,13)9-11-7-5-3-4-6-8(7)14-9/h2-6H,1H3. The Labute approximate surface area is 91.4 Å². The normalized spacial score (nSPS) is 12.6. The first kappa shape index (κ1) is 10.3. The van der Waals surface area contributed by atoms with Gasteiger partial charge in [0.05, 0.1) is 10.2 Å². The summed E-state index contributed by atoms with van der Waals surface area (Å²) in [5, 5.41) is 0. The number of benzene rings is 1. The van der Waals surface area contributed by atoms with Gasteiger partial charge in [0.25, 0.3) is 0 Å². The number of para-hydroxylation sites is 1. The highest BCUT2D eigenvalue weighted by atomic mass is 32.2. The van der Waals surface area contributed by atoms with E-state index in [2.05, 4.69) is 9.38 Å². The van der Waals surface area contributed by atoms with E-state index in [0.717, 1.165) is 16.0 Å². The van der Waals surface area contributed by atoms with Gasteiger partial charge in [-0.1, -0.05) is 12.1 Å². The minimum atomic E-state index is -3.60. The Bertz CT molecular complexity index is 581. The van der Waals surface area contributed by atoms with Crippen LogP contribution in [0, 0.1) is 0 Å². The van der Waals surface area contributed by atoms with Crippen LogP contribution >= 0.6 is 11.3 Å². The van der Waals surface area contributed by atoms with Gasteiger partial charge in [0, 0.05) is 6.21 Å². The lowest BCUT2D eigenvalue weighted by molar-refractivity contribution is 0.597. The van der Waals surface area contributed by atoms with E-state index in [-0.39, 0.29) is 4.34 Å². The highest BCUT2D eigenvalue weighted by Gasteiger charge is 2.16. The number of fused-ring (bicyclic) bond motifs is 1. The number of aromatic nitrogens is 1. The van der Waals surface area contributed by atoms with Gasteiger partial charge in [0.1, 0.15) is 0 Å². The molecule has 2 rings (SSSR count). The van der Waals surface area contributed by atoms with Crippen molar-refractivity contribution >= 4 is 37.8 Å². The van der Waals surface area contributed by atoms with Gasteiger partial charge in [-0.05, 0) is 19.1 Å². The van der Waals surface area contributed by atoms with Crippen LogP contribution in [0.3, 0.4) is 0 Å². The molecule has 0 atom stereocenters. The first-order valence-corrected chi connectivity index (χ1v) is 6.49. The zero-order valence-electron chi connectivity index (χ0n) is 7.91. The third kappa shape index (κ3) is 1.91. The molecular formula is C9H8N2O2S2. The van der Waals surface area contributed by atoms with E-state index in [0.29, 0.717) is 5.52 Å². The van der Waals surface area contributed by atoms with Crippen LogP contribution in [0.4, 0.5) is 0 Å². The molecule has 15 heavy (non-hydrogen) atoms. The molecule has 0 radical (unpaired) electrons. The van der Waals surface area contributed by atoms with Crippen molar-refractivity contribution in [3.05, 3.63) is 24.3 Å². The molecule has 0 spiro atoms. The van der Waals surface area contributed by atoms with Crippen molar-refractivity contribution in [2.45, 2.75) is 11.3 Å². The second-order valence-electron chi connectivity index (χ2n) is 2.79. The summed E-state index contributed by atoms with van der Waals surface area (Å²) in [5.74, 6) is 0. The van der Waals surface area contributed by atoms with E-state index in [1.807, 2.05) is 18.2 Å². The molecule has 0 bridgehead atoms. The fraction of sp³-hybridized carbons (Fsp3) is 0.111. The summed E-state index contributed by atoms with van der Waals surface area (Å²) in [7, 11) is -3.60. The smallest absolute Gasteiger partial charge is 0.223 e.